The lowest BCUT2D eigenvalue weighted by molar-refractivity contribution is -0.148. The van der Waals surface area contributed by atoms with Crippen LogP contribution < -0.4 is 4.90 Å². The van der Waals surface area contributed by atoms with Gasteiger partial charge in [0, 0.05) is 17.7 Å². The van der Waals surface area contributed by atoms with E-state index in [-0.39, 0.29) is 36.9 Å². The highest BCUT2D eigenvalue weighted by Crippen LogP contribution is 2.56. The van der Waals surface area contributed by atoms with Gasteiger partial charge in [-0.1, -0.05) is 23.9 Å². The van der Waals surface area contributed by atoms with Gasteiger partial charge in [-0.05, 0) is 25.1 Å². The van der Waals surface area contributed by atoms with Crippen LogP contribution in [0.25, 0.3) is 0 Å². The predicted molar refractivity (Wildman–Crippen MR) is 96.2 cm³/mol. The molecule has 2 aromatic rings. The van der Waals surface area contributed by atoms with Crippen molar-refractivity contribution in [2.75, 3.05) is 11.5 Å². The molecule has 0 spiro atoms. The monoisotopic (exact) mass is 387 g/mol. The van der Waals surface area contributed by atoms with E-state index >= 15 is 0 Å². The molecule has 0 N–H and O–H groups in total. The number of nitrogens with zero attached hydrogens (tertiary/aromatic N) is 1. The van der Waals surface area contributed by atoms with Crippen LogP contribution in [0.15, 0.2) is 45.9 Å². The number of esters is 2. The molecule has 1 aromatic heterocycles. The van der Waals surface area contributed by atoms with Gasteiger partial charge in [0.25, 0.3) is 0 Å². The fourth-order valence-corrected chi connectivity index (χ4v) is 4.77. The fraction of sp³-hybridized carbons (Fsp3) is 0.316. The summed E-state index contributed by atoms with van der Waals surface area (Å²) >= 11 is 1.33. The number of fused-ring (bicyclic) bond motifs is 3. The molecule has 27 heavy (non-hydrogen) atoms. The van der Waals surface area contributed by atoms with E-state index in [1.54, 1.807) is 6.92 Å². The second-order valence-electron chi connectivity index (χ2n) is 6.14. The number of furan rings is 1. The molecule has 4 rings (SSSR count). The lowest BCUT2D eigenvalue weighted by Crippen LogP contribution is -2.47. The highest BCUT2D eigenvalue weighted by atomic mass is 32.2. The van der Waals surface area contributed by atoms with E-state index in [4.69, 9.17) is 13.9 Å². The summed E-state index contributed by atoms with van der Waals surface area (Å²) in [7, 11) is 0. The predicted octanol–water partition coefficient (Wildman–Crippen LogP) is 3.13. The van der Waals surface area contributed by atoms with Crippen molar-refractivity contribution < 1.29 is 28.3 Å². The third-order valence-electron chi connectivity index (χ3n) is 4.57. The van der Waals surface area contributed by atoms with Crippen LogP contribution in [0.3, 0.4) is 0 Å². The SMILES string of the molecule is CCOC(=O)c1ccoc1COC(=O)[C@]12CCC(=O)N1c1ccccc1S2. The zero-order valence-electron chi connectivity index (χ0n) is 14.6. The van der Waals surface area contributed by atoms with Crippen molar-refractivity contribution in [3.63, 3.8) is 0 Å². The molecule has 7 nitrogen and oxygen atoms in total. The Morgan fingerprint density at radius 2 is 2.07 bits per heavy atom. The largest absolute Gasteiger partial charge is 0.465 e. The third kappa shape index (κ3) is 2.80. The molecular weight excluding hydrogens is 370 g/mol. The summed E-state index contributed by atoms with van der Waals surface area (Å²) in [5.74, 6) is -0.944. The molecule has 1 aromatic carbocycles. The summed E-state index contributed by atoms with van der Waals surface area (Å²) in [6, 6.07) is 8.88. The van der Waals surface area contributed by atoms with E-state index in [1.807, 2.05) is 24.3 Å². The zero-order valence-corrected chi connectivity index (χ0v) is 15.4. The number of carbonyl (C=O) groups excluding carboxylic acids is 3. The minimum atomic E-state index is -1.10. The molecule has 1 amide bonds. The number of hydrogen-bond donors (Lipinski definition) is 0. The summed E-state index contributed by atoms with van der Waals surface area (Å²) in [6.45, 7) is 1.73. The number of ether oxygens (including phenoxy) is 2. The first kappa shape index (κ1) is 17.7. The van der Waals surface area contributed by atoms with E-state index in [1.165, 1.54) is 29.0 Å². The normalized spacial score (nSPS) is 20.3. The smallest absolute Gasteiger partial charge is 0.343 e. The van der Waals surface area contributed by atoms with Gasteiger partial charge in [-0.3, -0.25) is 9.69 Å². The molecule has 1 atom stereocenters. The van der Waals surface area contributed by atoms with Gasteiger partial charge in [0.2, 0.25) is 5.91 Å². The molecule has 0 saturated carbocycles. The average molecular weight is 387 g/mol. The number of carbonyl (C=O) groups is 3. The van der Waals surface area contributed by atoms with Crippen molar-refractivity contribution in [2.24, 2.45) is 0 Å². The number of anilines is 1. The molecule has 1 fully saturated rings. The molecule has 0 bridgehead atoms. The van der Waals surface area contributed by atoms with E-state index in [9.17, 15) is 14.4 Å². The topological polar surface area (TPSA) is 86.0 Å². The number of rotatable bonds is 5. The first-order valence-electron chi connectivity index (χ1n) is 8.58. The van der Waals surface area contributed by atoms with Crippen LogP contribution in [0, 0.1) is 0 Å². The Labute approximate surface area is 159 Å². The van der Waals surface area contributed by atoms with Crippen molar-refractivity contribution in [3.05, 3.63) is 47.9 Å². The molecule has 1 saturated heterocycles. The van der Waals surface area contributed by atoms with Gasteiger partial charge >= 0.3 is 11.9 Å². The molecule has 0 radical (unpaired) electrons. The van der Waals surface area contributed by atoms with Crippen LogP contribution >= 0.6 is 11.8 Å². The molecule has 0 unspecified atom stereocenters. The molecule has 0 aliphatic carbocycles. The number of benzene rings is 1. The average Bonchev–Trinajstić information content (AvgIpc) is 3.34. The standard InChI is InChI=1S/C19H17NO6S/c1-2-24-17(22)12-8-10-25-14(12)11-26-18(23)19-9-7-16(21)20(19)13-5-3-4-6-15(13)27-19/h3-6,8,10H,2,7,9,11H2,1H3/t19-/m1/s1. The Balaban J connectivity index is 1.54. The molecule has 8 heteroatoms. The van der Waals surface area contributed by atoms with Crippen LogP contribution in [0.4, 0.5) is 5.69 Å². The Hall–Kier alpha value is -2.74. The van der Waals surface area contributed by atoms with E-state index < -0.39 is 16.8 Å². The maximum atomic E-state index is 13.0. The van der Waals surface area contributed by atoms with E-state index in [2.05, 4.69) is 0 Å². The van der Waals surface area contributed by atoms with Gasteiger partial charge in [-0.15, -0.1) is 0 Å². The third-order valence-corrected chi connectivity index (χ3v) is 6.02. The maximum Gasteiger partial charge on any atom is 0.343 e. The molecule has 140 valence electrons. The van der Waals surface area contributed by atoms with Crippen LogP contribution in [0.2, 0.25) is 0 Å². The van der Waals surface area contributed by atoms with Crippen molar-refractivity contribution in [1.82, 2.24) is 0 Å². The van der Waals surface area contributed by atoms with Crippen LogP contribution in [-0.4, -0.2) is 29.3 Å². The van der Waals surface area contributed by atoms with Crippen molar-refractivity contribution in [3.8, 4) is 0 Å². The maximum absolute atomic E-state index is 13.0. The quantitative estimate of drug-likeness (QED) is 0.729. The first-order valence-corrected chi connectivity index (χ1v) is 9.40. The van der Waals surface area contributed by atoms with Crippen LogP contribution in [0.5, 0.6) is 0 Å². The molecular formula is C19H17NO6S. The number of para-hydroxylation sites is 1. The lowest BCUT2D eigenvalue weighted by Gasteiger charge is -2.28. The Bertz CT molecular complexity index is 922. The van der Waals surface area contributed by atoms with Crippen molar-refractivity contribution >= 4 is 35.3 Å². The van der Waals surface area contributed by atoms with Gasteiger partial charge in [0.1, 0.15) is 12.2 Å². The zero-order chi connectivity index (χ0) is 19.0. The van der Waals surface area contributed by atoms with Gasteiger partial charge < -0.3 is 13.9 Å². The Kier molecular flexibility index (Phi) is 4.43. The second-order valence-corrected chi connectivity index (χ2v) is 7.46. The molecule has 2 aliphatic rings. The highest BCUT2D eigenvalue weighted by Gasteiger charge is 2.58. The minimum absolute atomic E-state index is 0.102. The minimum Gasteiger partial charge on any atom is -0.465 e. The highest BCUT2D eigenvalue weighted by molar-refractivity contribution is 8.02. The second kappa shape index (κ2) is 6.77. The Morgan fingerprint density at radius 1 is 1.26 bits per heavy atom. The summed E-state index contributed by atoms with van der Waals surface area (Å²) in [6.07, 6.45) is 2.00. The summed E-state index contributed by atoms with van der Waals surface area (Å²) < 4.78 is 15.7. The lowest BCUT2D eigenvalue weighted by atomic mass is 10.2. The Morgan fingerprint density at radius 3 is 2.89 bits per heavy atom. The molecule has 3 heterocycles. The van der Waals surface area contributed by atoms with Crippen LogP contribution in [0.1, 0.15) is 35.9 Å². The summed E-state index contributed by atoms with van der Waals surface area (Å²) in [5.41, 5.74) is 0.955. The van der Waals surface area contributed by atoms with E-state index in [0.29, 0.717) is 6.42 Å². The number of hydrogen-bond acceptors (Lipinski definition) is 7. The van der Waals surface area contributed by atoms with Gasteiger partial charge in [0.05, 0.1) is 18.6 Å². The van der Waals surface area contributed by atoms with Crippen molar-refractivity contribution in [1.29, 1.82) is 0 Å². The van der Waals surface area contributed by atoms with Crippen LogP contribution in [-0.2, 0) is 25.7 Å². The van der Waals surface area contributed by atoms with E-state index in [0.717, 1.165) is 10.6 Å². The number of thioether (sulfide) groups is 1. The van der Waals surface area contributed by atoms with Gasteiger partial charge in [-0.2, -0.15) is 0 Å². The first-order chi connectivity index (χ1) is 13.1. The summed E-state index contributed by atoms with van der Waals surface area (Å²) in [5, 5.41) is 0. The van der Waals surface area contributed by atoms with Gasteiger partial charge in [-0.25, -0.2) is 9.59 Å². The number of amides is 1. The molecule has 2 aliphatic heterocycles. The van der Waals surface area contributed by atoms with Gasteiger partial charge in [0.15, 0.2) is 10.6 Å². The summed E-state index contributed by atoms with van der Waals surface area (Å²) in [4.78, 5) is 38.6. The van der Waals surface area contributed by atoms with Crippen molar-refractivity contribution in [2.45, 2.75) is 36.1 Å². The fourth-order valence-electron chi connectivity index (χ4n) is 3.36.